The Labute approximate surface area is 126 Å². The minimum absolute atomic E-state index is 0.654. The number of benzene rings is 1. The molecule has 0 spiro atoms. The Morgan fingerprint density at radius 1 is 1.16 bits per heavy atom. The average molecular weight is 324 g/mol. The first-order valence-corrected chi connectivity index (χ1v) is 8.30. The molecule has 0 heterocycles. The fourth-order valence-electron chi connectivity index (χ4n) is 3.23. The summed E-state index contributed by atoms with van der Waals surface area (Å²) in [7, 11) is 0. The van der Waals surface area contributed by atoms with Gasteiger partial charge in [-0.1, -0.05) is 42.6 Å². The maximum Gasteiger partial charge on any atom is 0.0348 e. The standard InChI is InChI=1S/C17H26BrN/c1-11(2)14-6-5-7-15(10-14)19-16-8-12(3)17(18)13(4)9-16/h8-9,11,14-15,19H,5-7,10H2,1-4H3. The first-order valence-electron chi connectivity index (χ1n) is 7.50. The van der Waals surface area contributed by atoms with Crippen LogP contribution in [0, 0.1) is 25.7 Å². The molecule has 1 fully saturated rings. The smallest absolute Gasteiger partial charge is 0.0348 e. The quantitative estimate of drug-likeness (QED) is 0.753. The van der Waals surface area contributed by atoms with Crippen molar-refractivity contribution in [1.29, 1.82) is 0 Å². The van der Waals surface area contributed by atoms with Gasteiger partial charge in [-0.05, 0) is 61.8 Å². The summed E-state index contributed by atoms with van der Waals surface area (Å²) in [6.45, 7) is 9.06. The minimum atomic E-state index is 0.654. The van der Waals surface area contributed by atoms with Gasteiger partial charge in [0.1, 0.15) is 0 Å². The fraction of sp³-hybridized carbons (Fsp3) is 0.647. The summed E-state index contributed by atoms with van der Waals surface area (Å²) in [5.41, 5.74) is 3.92. The highest BCUT2D eigenvalue weighted by molar-refractivity contribution is 9.10. The molecule has 1 aliphatic carbocycles. The van der Waals surface area contributed by atoms with Gasteiger partial charge in [0.15, 0.2) is 0 Å². The van der Waals surface area contributed by atoms with Crippen molar-refractivity contribution >= 4 is 21.6 Å². The number of aryl methyl sites for hydroxylation is 2. The van der Waals surface area contributed by atoms with Crippen molar-refractivity contribution in [3.63, 3.8) is 0 Å². The van der Waals surface area contributed by atoms with E-state index < -0.39 is 0 Å². The maximum atomic E-state index is 3.75. The zero-order chi connectivity index (χ0) is 14.0. The topological polar surface area (TPSA) is 12.0 Å². The van der Waals surface area contributed by atoms with Crippen LogP contribution in [0.15, 0.2) is 16.6 Å². The average Bonchev–Trinajstić information content (AvgIpc) is 2.36. The third-order valence-electron chi connectivity index (χ3n) is 4.46. The Kier molecular flexibility index (Phi) is 4.94. The molecular formula is C17H26BrN. The molecule has 2 heteroatoms. The van der Waals surface area contributed by atoms with Crippen LogP contribution in [0.25, 0.3) is 0 Å². The van der Waals surface area contributed by atoms with Gasteiger partial charge < -0.3 is 5.32 Å². The number of hydrogen-bond acceptors (Lipinski definition) is 1. The van der Waals surface area contributed by atoms with Gasteiger partial charge in [0.2, 0.25) is 0 Å². The van der Waals surface area contributed by atoms with Crippen molar-refractivity contribution in [3.05, 3.63) is 27.7 Å². The molecule has 1 aromatic rings. The van der Waals surface area contributed by atoms with E-state index in [1.807, 2.05) is 0 Å². The molecule has 0 saturated heterocycles. The molecule has 0 amide bonds. The molecule has 1 N–H and O–H groups in total. The molecular weight excluding hydrogens is 298 g/mol. The van der Waals surface area contributed by atoms with Crippen molar-refractivity contribution in [2.24, 2.45) is 11.8 Å². The van der Waals surface area contributed by atoms with Crippen molar-refractivity contribution in [1.82, 2.24) is 0 Å². The highest BCUT2D eigenvalue weighted by Crippen LogP contribution is 2.32. The van der Waals surface area contributed by atoms with E-state index in [-0.39, 0.29) is 0 Å². The van der Waals surface area contributed by atoms with Gasteiger partial charge in [-0.3, -0.25) is 0 Å². The molecule has 0 radical (unpaired) electrons. The van der Waals surface area contributed by atoms with Crippen LogP contribution in [0.4, 0.5) is 5.69 Å². The second kappa shape index (κ2) is 6.30. The van der Waals surface area contributed by atoms with E-state index in [0.29, 0.717) is 6.04 Å². The van der Waals surface area contributed by atoms with Crippen LogP contribution < -0.4 is 5.32 Å². The molecule has 0 aromatic heterocycles. The molecule has 2 unspecified atom stereocenters. The predicted molar refractivity (Wildman–Crippen MR) is 87.8 cm³/mol. The molecule has 0 aliphatic heterocycles. The van der Waals surface area contributed by atoms with E-state index in [1.165, 1.54) is 47.0 Å². The van der Waals surface area contributed by atoms with Crippen LogP contribution in [0.2, 0.25) is 0 Å². The summed E-state index contributed by atoms with van der Waals surface area (Å²) >= 11 is 3.64. The summed E-state index contributed by atoms with van der Waals surface area (Å²) in [4.78, 5) is 0. The Morgan fingerprint density at radius 3 is 2.37 bits per heavy atom. The van der Waals surface area contributed by atoms with Gasteiger partial charge in [0, 0.05) is 16.2 Å². The van der Waals surface area contributed by atoms with Crippen LogP contribution >= 0.6 is 15.9 Å². The lowest BCUT2D eigenvalue weighted by Crippen LogP contribution is -2.29. The highest BCUT2D eigenvalue weighted by Gasteiger charge is 2.24. The molecule has 19 heavy (non-hydrogen) atoms. The summed E-state index contributed by atoms with van der Waals surface area (Å²) in [5, 5.41) is 3.75. The Bertz CT molecular complexity index is 416. The lowest BCUT2D eigenvalue weighted by molar-refractivity contribution is 0.264. The van der Waals surface area contributed by atoms with E-state index >= 15 is 0 Å². The zero-order valence-corrected chi connectivity index (χ0v) is 14.2. The molecule has 106 valence electrons. The fourth-order valence-corrected chi connectivity index (χ4v) is 3.46. The third kappa shape index (κ3) is 3.75. The van der Waals surface area contributed by atoms with Crippen molar-refractivity contribution in [2.75, 3.05) is 5.32 Å². The first-order chi connectivity index (χ1) is 8.97. The van der Waals surface area contributed by atoms with Crippen LogP contribution in [0.3, 0.4) is 0 Å². The van der Waals surface area contributed by atoms with Crippen molar-refractivity contribution in [2.45, 2.75) is 59.4 Å². The van der Waals surface area contributed by atoms with Gasteiger partial charge in [-0.15, -0.1) is 0 Å². The lowest BCUT2D eigenvalue weighted by atomic mass is 9.79. The molecule has 1 aromatic carbocycles. The summed E-state index contributed by atoms with van der Waals surface area (Å²) in [6, 6.07) is 5.17. The van der Waals surface area contributed by atoms with Gasteiger partial charge >= 0.3 is 0 Å². The number of rotatable bonds is 3. The molecule has 1 saturated carbocycles. The normalized spacial score (nSPS) is 23.7. The van der Waals surface area contributed by atoms with E-state index in [2.05, 4.69) is 61.1 Å². The zero-order valence-electron chi connectivity index (χ0n) is 12.6. The van der Waals surface area contributed by atoms with Crippen molar-refractivity contribution in [3.8, 4) is 0 Å². The molecule has 2 atom stereocenters. The van der Waals surface area contributed by atoms with Gasteiger partial charge in [0.25, 0.3) is 0 Å². The number of hydrogen-bond donors (Lipinski definition) is 1. The van der Waals surface area contributed by atoms with Crippen LogP contribution in [-0.4, -0.2) is 6.04 Å². The Morgan fingerprint density at radius 2 is 1.79 bits per heavy atom. The lowest BCUT2D eigenvalue weighted by Gasteiger charge is -2.32. The number of nitrogens with one attached hydrogen (secondary N) is 1. The van der Waals surface area contributed by atoms with E-state index in [0.717, 1.165) is 11.8 Å². The number of halogens is 1. The third-order valence-corrected chi connectivity index (χ3v) is 5.72. The Hall–Kier alpha value is -0.500. The summed E-state index contributed by atoms with van der Waals surface area (Å²) in [5.74, 6) is 1.71. The Balaban J connectivity index is 2.05. The molecule has 2 rings (SSSR count). The largest absolute Gasteiger partial charge is 0.382 e. The van der Waals surface area contributed by atoms with Gasteiger partial charge in [0.05, 0.1) is 0 Å². The molecule has 0 bridgehead atoms. The van der Waals surface area contributed by atoms with Gasteiger partial charge in [-0.2, -0.15) is 0 Å². The second-order valence-corrected chi connectivity index (χ2v) is 7.23. The van der Waals surface area contributed by atoms with E-state index in [9.17, 15) is 0 Å². The number of anilines is 1. The van der Waals surface area contributed by atoms with Crippen LogP contribution in [0.5, 0.6) is 0 Å². The van der Waals surface area contributed by atoms with E-state index in [1.54, 1.807) is 0 Å². The van der Waals surface area contributed by atoms with E-state index in [4.69, 9.17) is 0 Å². The maximum absolute atomic E-state index is 3.75. The van der Waals surface area contributed by atoms with Crippen molar-refractivity contribution < 1.29 is 0 Å². The molecule has 1 aliphatic rings. The SMILES string of the molecule is Cc1cc(NC2CCCC(C(C)C)C2)cc(C)c1Br. The summed E-state index contributed by atoms with van der Waals surface area (Å²) in [6.07, 6.45) is 5.42. The monoisotopic (exact) mass is 323 g/mol. The van der Waals surface area contributed by atoms with Gasteiger partial charge in [-0.25, -0.2) is 0 Å². The van der Waals surface area contributed by atoms with Crippen LogP contribution in [-0.2, 0) is 0 Å². The second-order valence-electron chi connectivity index (χ2n) is 6.44. The summed E-state index contributed by atoms with van der Waals surface area (Å²) < 4.78 is 1.24. The predicted octanol–water partition coefficient (Wildman–Crippen LogP) is 5.69. The van der Waals surface area contributed by atoms with Crippen LogP contribution in [0.1, 0.15) is 50.7 Å². The first kappa shape index (κ1) is 14.9. The molecule has 1 nitrogen and oxygen atoms in total. The highest BCUT2D eigenvalue weighted by atomic mass is 79.9. The minimum Gasteiger partial charge on any atom is -0.382 e.